The third-order valence-corrected chi connectivity index (χ3v) is 5.76. The number of oxime groups is 2. The van der Waals surface area contributed by atoms with Gasteiger partial charge in [-0.25, -0.2) is 0 Å². The summed E-state index contributed by atoms with van der Waals surface area (Å²) in [6.07, 6.45) is 1.29. The van der Waals surface area contributed by atoms with E-state index >= 15 is 0 Å². The van der Waals surface area contributed by atoms with Crippen molar-refractivity contribution in [3.63, 3.8) is 0 Å². The van der Waals surface area contributed by atoms with Crippen LogP contribution in [0, 0.1) is 0 Å². The summed E-state index contributed by atoms with van der Waals surface area (Å²) in [5.41, 5.74) is 5.19. The molecule has 3 rings (SSSR count). The lowest BCUT2D eigenvalue weighted by Crippen LogP contribution is -2.22. The summed E-state index contributed by atoms with van der Waals surface area (Å²) < 4.78 is 0. The molecule has 190 valence electrons. The van der Waals surface area contributed by atoms with Gasteiger partial charge in [-0.15, -0.1) is 24.8 Å². The van der Waals surface area contributed by atoms with Crippen LogP contribution in [0.4, 0.5) is 0 Å². The number of halogens is 2. The number of carbonyl (C=O) groups excluding carboxylic acids is 2. The Morgan fingerprint density at radius 1 is 0.743 bits per heavy atom. The summed E-state index contributed by atoms with van der Waals surface area (Å²) in [5, 5.41) is 25.1. The molecule has 35 heavy (non-hydrogen) atoms. The second-order valence-electron chi connectivity index (χ2n) is 8.78. The Hall–Kier alpha value is -2.78. The maximum atomic E-state index is 12.8. The first-order chi connectivity index (χ1) is 15.7. The van der Waals surface area contributed by atoms with Crippen LogP contribution in [-0.4, -0.2) is 84.5 Å². The molecule has 0 spiro atoms. The molecule has 2 aromatic rings. The molecule has 0 heterocycles. The highest BCUT2D eigenvalue weighted by Gasteiger charge is 2.24. The zero-order chi connectivity index (χ0) is 24.1. The largest absolute Gasteiger partial charge is 0.411 e. The second-order valence-corrected chi connectivity index (χ2v) is 8.78. The predicted molar refractivity (Wildman–Crippen MR) is 143 cm³/mol. The minimum atomic E-state index is -0.293. The molecule has 2 aromatic carbocycles. The normalized spacial score (nSPS) is 12.6. The molecular weight excluding hydrogens is 491 g/mol. The molecule has 8 nitrogen and oxygen atoms in total. The van der Waals surface area contributed by atoms with Crippen LogP contribution >= 0.6 is 24.8 Å². The molecule has 1 aliphatic carbocycles. The highest BCUT2D eigenvalue weighted by molar-refractivity contribution is 6.46. The summed E-state index contributed by atoms with van der Waals surface area (Å²) >= 11 is 0. The van der Waals surface area contributed by atoms with E-state index in [1.807, 2.05) is 62.3 Å². The van der Waals surface area contributed by atoms with Gasteiger partial charge in [0.15, 0.2) is 0 Å². The average molecular weight is 523 g/mol. The van der Waals surface area contributed by atoms with E-state index in [-0.39, 0.29) is 47.8 Å². The van der Waals surface area contributed by atoms with Gasteiger partial charge in [0, 0.05) is 37.1 Å². The summed E-state index contributed by atoms with van der Waals surface area (Å²) in [6, 6.07) is 10.9. The fourth-order valence-electron chi connectivity index (χ4n) is 3.90. The average Bonchev–Trinajstić information content (AvgIpc) is 3.16. The molecule has 0 aromatic heterocycles. The van der Waals surface area contributed by atoms with Crippen LogP contribution < -0.4 is 0 Å². The van der Waals surface area contributed by atoms with Crippen molar-refractivity contribution in [3.8, 4) is 11.1 Å². The van der Waals surface area contributed by atoms with Crippen LogP contribution in [0.1, 0.15) is 44.7 Å². The second kappa shape index (κ2) is 13.3. The van der Waals surface area contributed by atoms with Gasteiger partial charge in [0.2, 0.25) is 11.6 Å². The first-order valence-electron chi connectivity index (χ1n) is 10.8. The minimum Gasteiger partial charge on any atom is -0.411 e. The number of hydrogen-bond donors (Lipinski definition) is 2. The van der Waals surface area contributed by atoms with Crippen molar-refractivity contribution >= 4 is 47.8 Å². The standard InChI is InChI=1S/C25H30N4O4.2ClH/c1-28(2)11-9-22(26-32)24(30)16-5-7-20-18(13-16)15-19-14-17(6-8-21(19)20)25(31)23(27-33)10-12-29(3)4;;/h5-8,13-14,32-33H,9-12,15H2,1-4H3;2*1H/b26-22-,27-23-;;. The van der Waals surface area contributed by atoms with E-state index in [0.29, 0.717) is 43.5 Å². The van der Waals surface area contributed by atoms with Crippen LogP contribution in [0.25, 0.3) is 11.1 Å². The maximum absolute atomic E-state index is 12.8. The Labute approximate surface area is 218 Å². The molecule has 0 aliphatic heterocycles. The number of benzene rings is 2. The number of ketones is 2. The summed E-state index contributed by atoms with van der Waals surface area (Å²) in [6.45, 7) is 1.21. The van der Waals surface area contributed by atoms with Crippen molar-refractivity contribution < 1.29 is 20.0 Å². The highest BCUT2D eigenvalue weighted by atomic mass is 35.5. The lowest BCUT2D eigenvalue weighted by Gasteiger charge is -2.10. The number of nitrogens with zero attached hydrogens (tertiary/aromatic N) is 4. The predicted octanol–water partition coefficient (Wildman–Crippen LogP) is 4.03. The van der Waals surface area contributed by atoms with Crippen molar-refractivity contribution in [1.29, 1.82) is 0 Å². The lowest BCUT2D eigenvalue weighted by atomic mass is 9.97. The maximum Gasteiger partial charge on any atom is 0.210 e. The monoisotopic (exact) mass is 522 g/mol. The van der Waals surface area contributed by atoms with E-state index in [0.717, 1.165) is 22.3 Å². The molecule has 0 amide bonds. The van der Waals surface area contributed by atoms with Crippen LogP contribution in [0.3, 0.4) is 0 Å². The van der Waals surface area contributed by atoms with E-state index in [1.165, 1.54) is 0 Å². The Morgan fingerprint density at radius 2 is 1.11 bits per heavy atom. The Balaban J connectivity index is 0.00000306. The van der Waals surface area contributed by atoms with Gasteiger partial charge in [-0.3, -0.25) is 9.59 Å². The van der Waals surface area contributed by atoms with E-state index in [9.17, 15) is 20.0 Å². The first kappa shape index (κ1) is 30.3. The van der Waals surface area contributed by atoms with Gasteiger partial charge in [0.1, 0.15) is 11.4 Å². The van der Waals surface area contributed by atoms with Gasteiger partial charge < -0.3 is 20.2 Å². The van der Waals surface area contributed by atoms with Crippen molar-refractivity contribution in [2.45, 2.75) is 19.3 Å². The molecule has 0 atom stereocenters. The van der Waals surface area contributed by atoms with E-state index in [1.54, 1.807) is 12.1 Å². The fourth-order valence-corrected chi connectivity index (χ4v) is 3.90. The van der Waals surface area contributed by atoms with Crippen molar-refractivity contribution in [1.82, 2.24) is 9.80 Å². The number of hydrogen-bond acceptors (Lipinski definition) is 8. The highest BCUT2D eigenvalue weighted by Crippen LogP contribution is 2.37. The summed E-state index contributed by atoms with van der Waals surface area (Å²) in [4.78, 5) is 29.5. The van der Waals surface area contributed by atoms with Crippen LogP contribution in [0.5, 0.6) is 0 Å². The van der Waals surface area contributed by atoms with Gasteiger partial charge in [0.05, 0.1) is 0 Å². The molecule has 2 N–H and O–H groups in total. The third-order valence-electron chi connectivity index (χ3n) is 5.76. The van der Waals surface area contributed by atoms with Gasteiger partial charge in [-0.2, -0.15) is 0 Å². The van der Waals surface area contributed by atoms with Crippen molar-refractivity contribution in [3.05, 3.63) is 58.7 Å². The van der Waals surface area contributed by atoms with Crippen molar-refractivity contribution in [2.24, 2.45) is 10.3 Å². The molecule has 0 saturated heterocycles. The summed E-state index contributed by atoms with van der Waals surface area (Å²) in [5.74, 6) is -0.586. The SMILES string of the molecule is CN(C)CC/C(=N/O)C(=O)c1ccc2c(c1)Cc1cc(C(=O)/C(CCN(C)C)=N\O)ccc1-2.Cl.Cl. The van der Waals surface area contributed by atoms with E-state index in [2.05, 4.69) is 10.3 Å². The van der Waals surface area contributed by atoms with Gasteiger partial charge in [-0.05, 0) is 69.0 Å². The third kappa shape index (κ3) is 7.11. The quantitative estimate of drug-likeness (QED) is 0.180. The molecule has 0 fully saturated rings. The molecule has 0 saturated carbocycles. The number of rotatable bonds is 10. The Morgan fingerprint density at radius 3 is 1.43 bits per heavy atom. The Kier molecular flexibility index (Phi) is 11.5. The number of carbonyl (C=O) groups is 2. The zero-order valence-corrected chi connectivity index (χ0v) is 21.9. The minimum absolute atomic E-state index is 0. The zero-order valence-electron chi connectivity index (χ0n) is 20.3. The van der Waals surface area contributed by atoms with Gasteiger partial charge >= 0.3 is 0 Å². The van der Waals surface area contributed by atoms with Crippen LogP contribution in [0.15, 0.2) is 46.7 Å². The van der Waals surface area contributed by atoms with Gasteiger partial charge in [0.25, 0.3) is 0 Å². The lowest BCUT2D eigenvalue weighted by molar-refractivity contribution is 0.105. The van der Waals surface area contributed by atoms with Crippen molar-refractivity contribution in [2.75, 3.05) is 41.3 Å². The molecule has 10 heteroatoms. The van der Waals surface area contributed by atoms with E-state index in [4.69, 9.17) is 0 Å². The fraction of sp³-hybridized carbons (Fsp3) is 0.360. The number of fused-ring (bicyclic) bond motifs is 3. The Bertz CT molecular complexity index is 1040. The molecule has 1 aliphatic rings. The molecule has 0 bridgehead atoms. The molecular formula is C25H32Cl2N4O4. The topological polar surface area (TPSA) is 106 Å². The van der Waals surface area contributed by atoms with Crippen LogP contribution in [-0.2, 0) is 6.42 Å². The summed E-state index contributed by atoms with van der Waals surface area (Å²) in [7, 11) is 7.57. The van der Waals surface area contributed by atoms with Crippen LogP contribution in [0.2, 0.25) is 0 Å². The van der Waals surface area contributed by atoms with Gasteiger partial charge in [-0.1, -0.05) is 34.6 Å². The molecule has 0 radical (unpaired) electrons. The molecule has 0 unspecified atom stereocenters. The number of Topliss-reactive ketones (excluding diaryl/α,β-unsaturated/α-hetero) is 2. The first-order valence-corrected chi connectivity index (χ1v) is 10.8. The van der Waals surface area contributed by atoms with E-state index < -0.39 is 0 Å². The smallest absolute Gasteiger partial charge is 0.210 e.